The molecular formula is C9H19N3O4. The largest absolute Gasteiger partial charge is 0.468 e. The first-order chi connectivity index (χ1) is 7.56. The van der Waals surface area contributed by atoms with E-state index in [4.69, 9.17) is 5.73 Å². The van der Waals surface area contributed by atoms with Crippen molar-refractivity contribution in [1.29, 1.82) is 0 Å². The van der Waals surface area contributed by atoms with E-state index < -0.39 is 17.8 Å². The molecule has 0 aliphatic carbocycles. The predicted octanol–water partition coefficient (Wildman–Crippen LogP) is -1.62. The van der Waals surface area contributed by atoms with Gasteiger partial charge in [-0.1, -0.05) is 13.8 Å². The third-order valence-corrected chi connectivity index (χ3v) is 1.24. The lowest BCUT2D eigenvalue weighted by Crippen LogP contribution is -2.39. The van der Waals surface area contributed by atoms with Crippen LogP contribution in [0.2, 0.25) is 0 Å². The molecule has 94 valence electrons. The predicted molar refractivity (Wildman–Crippen MR) is 58.4 cm³/mol. The van der Waals surface area contributed by atoms with Crippen molar-refractivity contribution >= 4 is 17.8 Å². The van der Waals surface area contributed by atoms with E-state index >= 15 is 0 Å². The lowest BCUT2D eigenvalue weighted by Gasteiger charge is -2.03. The van der Waals surface area contributed by atoms with Crippen molar-refractivity contribution < 1.29 is 19.1 Å². The highest BCUT2D eigenvalue weighted by Gasteiger charge is 2.04. The maximum atomic E-state index is 10.9. The number of amides is 2. The number of methoxy groups -OCH3 is 1. The van der Waals surface area contributed by atoms with Crippen LogP contribution in [0.25, 0.3) is 0 Å². The highest BCUT2D eigenvalue weighted by Crippen LogP contribution is 1.70. The quantitative estimate of drug-likeness (QED) is 0.477. The summed E-state index contributed by atoms with van der Waals surface area (Å²) in [5, 5.41) is 4.77. The van der Waals surface area contributed by atoms with Crippen molar-refractivity contribution in [2.75, 3.05) is 26.7 Å². The Morgan fingerprint density at radius 1 is 1.12 bits per heavy atom. The minimum atomic E-state index is -0.550. The number of esters is 1. The number of carbonyl (C=O) groups excluding carboxylic acids is 3. The van der Waals surface area contributed by atoms with Gasteiger partial charge in [0.2, 0.25) is 11.8 Å². The minimum absolute atomic E-state index is 0.0695. The molecule has 2 amide bonds. The third-order valence-electron chi connectivity index (χ3n) is 1.24. The Bertz CT molecular complexity index is 231. The summed E-state index contributed by atoms with van der Waals surface area (Å²) in [7, 11) is 1.22. The van der Waals surface area contributed by atoms with Crippen molar-refractivity contribution in [3.05, 3.63) is 0 Å². The van der Waals surface area contributed by atoms with E-state index in [0.717, 1.165) is 0 Å². The molecule has 4 N–H and O–H groups in total. The molecule has 16 heavy (non-hydrogen) atoms. The summed E-state index contributed by atoms with van der Waals surface area (Å²) < 4.78 is 4.30. The molecule has 0 bridgehead atoms. The van der Waals surface area contributed by atoms with E-state index in [1.54, 1.807) is 0 Å². The zero-order valence-corrected chi connectivity index (χ0v) is 9.83. The Balaban J connectivity index is 0. The number of rotatable bonds is 6. The van der Waals surface area contributed by atoms with Crippen LogP contribution in [0.1, 0.15) is 13.8 Å². The van der Waals surface area contributed by atoms with Gasteiger partial charge in [-0.25, -0.2) is 0 Å². The molecule has 0 aliphatic rings. The zero-order chi connectivity index (χ0) is 13.0. The molecule has 7 nitrogen and oxygen atoms in total. The second kappa shape index (κ2) is 11.4. The Morgan fingerprint density at radius 3 is 2.12 bits per heavy atom. The summed E-state index contributed by atoms with van der Waals surface area (Å²) in [4.78, 5) is 31.7. The topological polar surface area (TPSA) is 111 Å². The molecule has 0 fully saturated rings. The van der Waals surface area contributed by atoms with Crippen LogP contribution in [0.5, 0.6) is 0 Å². The summed E-state index contributed by atoms with van der Waals surface area (Å²) >= 11 is 0. The van der Waals surface area contributed by atoms with Crippen LogP contribution in [0.3, 0.4) is 0 Å². The number of nitrogens with two attached hydrogens (primary N) is 1. The molecule has 0 unspecified atom stereocenters. The number of ether oxygens (including phenoxy) is 1. The molecule has 0 aromatic rings. The highest BCUT2D eigenvalue weighted by atomic mass is 16.5. The Hall–Kier alpha value is -1.63. The van der Waals surface area contributed by atoms with Gasteiger partial charge in [-0.2, -0.15) is 0 Å². The molecule has 0 radical (unpaired) electrons. The second-order valence-corrected chi connectivity index (χ2v) is 2.42. The van der Waals surface area contributed by atoms with Crippen molar-refractivity contribution in [2.24, 2.45) is 5.73 Å². The second-order valence-electron chi connectivity index (χ2n) is 2.42. The Morgan fingerprint density at radius 2 is 1.69 bits per heavy atom. The maximum absolute atomic E-state index is 10.9. The van der Waals surface area contributed by atoms with Crippen LogP contribution in [0.15, 0.2) is 0 Å². The van der Waals surface area contributed by atoms with Gasteiger partial charge in [0.25, 0.3) is 0 Å². The van der Waals surface area contributed by atoms with Crippen molar-refractivity contribution in [2.45, 2.75) is 13.8 Å². The molecule has 0 atom stereocenters. The third kappa shape index (κ3) is 12.4. The van der Waals surface area contributed by atoms with Gasteiger partial charge in [-0.3, -0.25) is 19.7 Å². The van der Waals surface area contributed by atoms with E-state index in [2.05, 4.69) is 15.4 Å². The van der Waals surface area contributed by atoms with Crippen LogP contribution in [-0.4, -0.2) is 44.5 Å². The first-order valence-electron chi connectivity index (χ1n) is 4.88. The van der Waals surface area contributed by atoms with Crippen LogP contribution < -0.4 is 16.4 Å². The van der Waals surface area contributed by atoms with E-state index in [9.17, 15) is 14.4 Å². The van der Waals surface area contributed by atoms with Crippen molar-refractivity contribution in [1.82, 2.24) is 10.6 Å². The summed E-state index contributed by atoms with van der Waals surface area (Å²) in [6.07, 6.45) is 0. The van der Waals surface area contributed by atoms with Crippen molar-refractivity contribution in [3.63, 3.8) is 0 Å². The van der Waals surface area contributed by atoms with Gasteiger partial charge < -0.3 is 15.8 Å². The number of hydrogen-bond acceptors (Lipinski definition) is 5. The maximum Gasteiger partial charge on any atom is 0.325 e. The molecule has 0 aromatic carbocycles. The Kier molecular flexibility index (Phi) is 12.0. The first kappa shape index (κ1) is 16.8. The lowest BCUT2D eigenvalue weighted by molar-refractivity contribution is -0.141. The molecule has 0 heterocycles. The number of nitrogens with one attached hydrogen (secondary N) is 2. The van der Waals surface area contributed by atoms with Gasteiger partial charge in [0.05, 0.1) is 20.2 Å². The van der Waals surface area contributed by atoms with Crippen LogP contribution in [0, 0.1) is 0 Å². The van der Waals surface area contributed by atoms with E-state index in [0.29, 0.717) is 0 Å². The molecule has 0 saturated carbocycles. The fourth-order valence-corrected chi connectivity index (χ4v) is 0.605. The monoisotopic (exact) mass is 233 g/mol. The average molecular weight is 233 g/mol. The summed E-state index contributed by atoms with van der Waals surface area (Å²) in [5.74, 6) is -1.49. The first-order valence-corrected chi connectivity index (χ1v) is 4.88. The van der Waals surface area contributed by atoms with Crippen LogP contribution in [0.4, 0.5) is 0 Å². The molecule has 0 saturated heterocycles. The normalized spacial score (nSPS) is 8.44. The molecule has 0 spiro atoms. The minimum Gasteiger partial charge on any atom is -0.468 e. The van der Waals surface area contributed by atoms with Gasteiger partial charge in [-0.05, 0) is 0 Å². The summed E-state index contributed by atoms with van der Waals surface area (Å²) in [5.41, 5.74) is 4.82. The highest BCUT2D eigenvalue weighted by molar-refractivity contribution is 5.83. The summed E-state index contributed by atoms with van der Waals surface area (Å²) in [6.45, 7) is 3.67. The number of carbonyl (C=O) groups is 3. The van der Waals surface area contributed by atoms with E-state index in [-0.39, 0.29) is 19.6 Å². The van der Waals surface area contributed by atoms with Gasteiger partial charge in [0, 0.05) is 0 Å². The average Bonchev–Trinajstić information content (AvgIpc) is 2.28. The zero-order valence-electron chi connectivity index (χ0n) is 9.83. The lowest BCUT2D eigenvalue weighted by atomic mass is 10.5. The molecule has 0 aliphatic heterocycles. The van der Waals surface area contributed by atoms with Crippen LogP contribution >= 0.6 is 0 Å². The van der Waals surface area contributed by atoms with E-state index in [1.807, 2.05) is 13.8 Å². The van der Waals surface area contributed by atoms with Gasteiger partial charge in [0.1, 0.15) is 6.54 Å². The fourth-order valence-electron chi connectivity index (χ4n) is 0.605. The molecule has 0 rings (SSSR count). The van der Waals surface area contributed by atoms with Crippen LogP contribution in [-0.2, 0) is 19.1 Å². The number of hydrogen-bond donors (Lipinski definition) is 3. The van der Waals surface area contributed by atoms with Gasteiger partial charge >= 0.3 is 5.97 Å². The van der Waals surface area contributed by atoms with Gasteiger partial charge in [0.15, 0.2) is 0 Å². The fraction of sp³-hybridized carbons (Fsp3) is 0.667. The van der Waals surface area contributed by atoms with Gasteiger partial charge in [-0.15, -0.1) is 0 Å². The van der Waals surface area contributed by atoms with Crippen molar-refractivity contribution in [3.8, 4) is 0 Å². The summed E-state index contributed by atoms with van der Waals surface area (Å²) in [6, 6.07) is 0. The smallest absolute Gasteiger partial charge is 0.325 e. The Labute approximate surface area is 94.7 Å². The number of primary amides is 1. The molecular weight excluding hydrogens is 214 g/mol. The molecule has 7 heteroatoms. The standard InChI is InChI=1S/C7H13N3O4.C2H6/c1-14-7(13)4-10-6(12)3-9-2-5(8)11;1-2/h9H,2-4H2,1H3,(H2,8,11)(H,10,12);1-2H3. The van der Waals surface area contributed by atoms with E-state index in [1.165, 1.54) is 7.11 Å². The molecule has 0 aromatic heterocycles. The SMILES string of the molecule is CC.COC(=O)CNC(=O)CNCC(N)=O.